The number of sulfonamides is 1. The number of nitrogens with two attached hydrogens (primary N) is 2. The zero-order valence-electron chi connectivity index (χ0n) is 9.39. The highest BCUT2D eigenvalue weighted by atomic mass is 32.2. The van der Waals surface area contributed by atoms with E-state index in [0.717, 1.165) is 18.5 Å². The van der Waals surface area contributed by atoms with E-state index >= 15 is 0 Å². The number of hydrogen-bond donors (Lipinski definition) is 4. The minimum absolute atomic E-state index is 0.0709. The van der Waals surface area contributed by atoms with Crippen molar-refractivity contribution in [2.45, 2.75) is 17.7 Å². The molecule has 0 aliphatic carbocycles. The van der Waals surface area contributed by atoms with Gasteiger partial charge < -0.3 is 16.2 Å². The maximum absolute atomic E-state index is 11.1. The summed E-state index contributed by atoms with van der Waals surface area (Å²) < 4.78 is 22.2. The summed E-state index contributed by atoms with van der Waals surface area (Å²) in [7, 11) is -3.77. The molecule has 0 atom stereocenters. The number of primary sulfonamides is 1. The van der Waals surface area contributed by atoms with Crippen LogP contribution in [0.3, 0.4) is 0 Å². The van der Waals surface area contributed by atoms with Crippen molar-refractivity contribution in [2.75, 3.05) is 24.2 Å². The molecule has 0 fully saturated rings. The topological polar surface area (TPSA) is 118 Å². The quantitative estimate of drug-likeness (QED) is 0.427. The zero-order chi connectivity index (χ0) is 12.9. The van der Waals surface area contributed by atoms with Crippen molar-refractivity contribution >= 4 is 21.4 Å². The van der Waals surface area contributed by atoms with Gasteiger partial charge in [0, 0.05) is 18.8 Å². The van der Waals surface area contributed by atoms with Crippen molar-refractivity contribution in [1.82, 2.24) is 0 Å². The van der Waals surface area contributed by atoms with E-state index in [4.69, 9.17) is 16.0 Å². The molecule has 0 bridgehead atoms. The van der Waals surface area contributed by atoms with Gasteiger partial charge in [-0.3, -0.25) is 0 Å². The van der Waals surface area contributed by atoms with Gasteiger partial charge in [-0.15, -0.1) is 0 Å². The molecule has 0 saturated carbocycles. The van der Waals surface area contributed by atoms with Crippen LogP contribution in [-0.4, -0.2) is 26.7 Å². The summed E-state index contributed by atoms with van der Waals surface area (Å²) in [5, 5.41) is 16.7. The van der Waals surface area contributed by atoms with E-state index in [0.29, 0.717) is 6.54 Å². The van der Waals surface area contributed by atoms with Gasteiger partial charge in [0.2, 0.25) is 10.0 Å². The number of nitrogen functional groups attached to an aromatic ring is 1. The van der Waals surface area contributed by atoms with E-state index < -0.39 is 10.0 Å². The average Bonchev–Trinajstić information content (AvgIpc) is 2.23. The van der Waals surface area contributed by atoms with Crippen LogP contribution < -0.4 is 16.2 Å². The summed E-state index contributed by atoms with van der Waals surface area (Å²) in [6.45, 7) is 0.850. The molecule has 1 rings (SSSR count). The Bertz CT molecular complexity index is 474. The summed E-state index contributed by atoms with van der Waals surface area (Å²) in [6, 6.07) is 4.51. The second kappa shape index (κ2) is 5.85. The third kappa shape index (κ3) is 4.22. The molecule has 17 heavy (non-hydrogen) atoms. The van der Waals surface area contributed by atoms with Crippen LogP contribution in [0, 0.1) is 0 Å². The maximum atomic E-state index is 11.1. The SMILES string of the molecule is Nc1cc(NCCCCO)ccc1S(N)(=O)=O. The summed E-state index contributed by atoms with van der Waals surface area (Å²) in [6.07, 6.45) is 1.55. The summed E-state index contributed by atoms with van der Waals surface area (Å²) in [4.78, 5) is -0.0709. The molecule has 7 heteroatoms. The van der Waals surface area contributed by atoms with E-state index in [2.05, 4.69) is 5.32 Å². The van der Waals surface area contributed by atoms with Crippen molar-refractivity contribution in [1.29, 1.82) is 0 Å². The number of benzene rings is 1. The predicted molar refractivity (Wildman–Crippen MR) is 67.0 cm³/mol. The Morgan fingerprint density at radius 2 is 2.00 bits per heavy atom. The Morgan fingerprint density at radius 3 is 2.53 bits per heavy atom. The normalized spacial score (nSPS) is 11.4. The molecular formula is C10H17N3O3S. The van der Waals surface area contributed by atoms with Crippen molar-refractivity contribution in [3.63, 3.8) is 0 Å². The first kappa shape index (κ1) is 13.8. The highest BCUT2D eigenvalue weighted by molar-refractivity contribution is 7.89. The minimum Gasteiger partial charge on any atom is -0.398 e. The summed E-state index contributed by atoms with van der Waals surface area (Å²) >= 11 is 0. The van der Waals surface area contributed by atoms with Gasteiger partial charge in [-0.25, -0.2) is 13.6 Å². The molecule has 0 heterocycles. The number of rotatable bonds is 6. The average molecular weight is 259 g/mol. The van der Waals surface area contributed by atoms with Gasteiger partial charge in [0.05, 0.1) is 5.69 Å². The third-order valence-corrected chi connectivity index (χ3v) is 3.22. The molecule has 6 N–H and O–H groups in total. The molecule has 0 aliphatic rings. The molecule has 0 unspecified atom stereocenters. The largest absolute Gasteiger partial charge is 0.398 e. The number of anilines is 2. The highest BCUT2D eigenvalue weighted by Crippen LogP contribution is 2.21. The van der Waals surface area contributed by atoms with Crippen LogP contribution >= 0.6 is 0 Å². The van der Waals surface area contributed by atoms with Crippen LogP contribution in [0.4, 0.5) is 11.4 Å². The van der Waals surface area contributed by atoms with Gasteiger partial charge in [-0.05, 0) is 31.0 Å². The summed E-state index contributed by atoms with van der Waals surface area (Å²) in [5.74, 6) is 0. The highest BCUT2D eigenvalue weighted by Gasteiger charge is 2.11. The van der Waals surface area contributed by atoms with Gasteiger partial charge in [0.25, 0.3) is 0 Å². The molecule has 1 aromatic carbocycles. The van der Waals surface area contributed by atoms with E-state index in [9.17, 15) is 8.42 Å². The van der Waals surface area contributed by atoms with Crippen molar-refractivity contribution in [2.24, 2.45) is 5.14 Å². The van der Waals surface area contributed by atoms with Crippen LogP contribution in [0.15, 0.2) is 23.1 Å². The van der Waals surface area contributed by atoms with E-state index in [-0.39, 0.29) is 17.2 Å². The molecule has 0 radical (unpaired) electrons. The molecule has 0 aromatic heterocycles. The number of hydrogen-bond acceptors (Lipinski definition) is 5. The fraction of sp³-hybridized carbons (Fsp3) is 0.400. The molecule has 1 aromatic rings. The Labute approximate surface area is 101 Å². The van der Waals surface area contributed by atoms with Gasteiger partial charge in [0.15, 0.2) is 0 Å². The number of unbranched alkanes of at least 4 members (excludes halogenated alkanes) is 1. The molecule has 0 saturated heterocycles. The van der Waals surface area contributed by atoms with Crippen LogP contribution in [0.5, 0.6) is 0 Å². The number of aliphatic hydroxyl groups is 1. The lowest BCUT2D eigenvalue weighted by Crippen LogP contribution is -2.14. The first-order valence-electron chi connectivity index (χ1n) is 5.22. The van der Waals surface area contributed by atoms with Gasteiger partial charge in [0.1, 0.15) is 4.90 Å². The minimum atomic E-state index is -3.77. The Kier molecular flexibility index (Phi) is 4.73. The van der Waals surface area contributed by atoms with Crippen LogP contribution in [-0.2, 0) is 10.0 Å². The standard InChI is InChI=1S/C10H17N3O3S/c11-9-7-8(13-5-1-2-6-14)3-4-10(9)17(12,15)16/h3-4,7,13-14H,1-2,5-6,11H2,(H2,12,15,16). The third-order valence-electron chi connectivity index (χ3n) is 2.23. The zero-order valence-corrected chi connectivity index (χ0v) is 10.2. The Balaban J connectivity index is 2.70. The first-order chi connectivity index (χ1) is 7.95. The van der Waals surface area contributed by atoms with E-state index in [1.165, 1.54) is 12.1 Å². The second-order valence-corrected chi connectivity index (χ2v) is 5.18. The van der Waals surface area contributed by atoms with Crippen molar-refractivity contribution in [3.8, 4) is 0 Å². The lowest BCUT2D eigenvalue weighted by molar-refractivity contribution is 0.286. The fourth-order valence-corrected chi connectivity index (χ4v) is 2.03. The fourth-order valence-electron chi connectivity index (χ4n) is 1.39. The monoisotopic (exact) mass is 259 g/mol. The molecule has 6 nitrogen and oxygen atoms in total. The smallest absolute Gasteiger partial charge is 0.240 e. The molecule has 0 aliphatic heterocycles. The first-order valence-corrected chi connectivity index (χ1v) is 6.77. The predicted octanol–water partition coefficient (Wildman–Crippen LogP) is 0.101. The molecule has 0 spiro atoms. The second-order valence-electron chi connectivity index (χ2n) is 3.66. The lowest BCUT2D eigenvalue weighted by Gasteiger charge is -2.08. The van der Waals surface area contributed by atoms with Gasteiger partial charge >= 0.3 is 0 Å². The van der Waals surface area contributed by atoms with E-state index in [1.807, 2.05) is 0 Å². The molecular weight excluding hydrogens is 242 g/mol. The maximum Gasteiger partial charge on any atom is 0.240 e. The molecule has 0 amide bonds. The number of aliphatic hydroxyl groups excluding tert-OH is 1. The van der Waals surface area contributed by atoms with E-state index in [1.54, 1.807) is 6.07 Å². The van der Waals surface area contributed by atoms with Crippen molar-refractivity contribution in [3.05, 3.63) is 18.2 Å². The van der Waals surface area contributed by atoms with Crippen LogP contribution in [0.1, 0.15) is 12.8 Å². The molecule has 96 valence electrons. The Hall–Kier alpha value is -1.31. The van der Waals surface area contributed by atoms with Gasteiger partial charge in [-0.1, -0.05) is 0 Å². The van der Waals surface area contributed by atoms with Gasteiger partial charge in [-0.2, -0.15) is 0 Å². The van der Waals surface area contributed by atoms with Crippen LogP contribution in [0.25, 0.3) is 0 Å². The summed E-state index contributed by atoms with van der Waals surface area (Å²) in [5.41, 5.74) is 6.45. The Morgan fingerprint density at radius 1 is 1.29 bits per heavy atom. The van der Waals surface area contributed by atoms with Crippen molar-refractivity contribution < 1.29 is 13.5 Å². The number of nitrogens with one attached hydrogen (secondary N) is 1. The van der Waals surface area contributed by atoms with Crippen LogP contribution in [0.2, 0.25) is 0 Å². The lowest BCUT2D eigenvalue weighted by atomic mass is 10.2.